The fourth-order valence-corrected chi connectivity index (χ4v) is 1.88. The third-order valence-corrected chi connectivity index (χ3v) is 2.90. The number of nitrogens with zero attached hydrogens (tertiary/aromatic N) is 3. The summed E-state index contributed by atoms with van der Waals surface area (Å²) in [6.07, 6.45) is -2.52. The van der Waals surface area contributed by atoms with Gasteiger partial charge in [0.15, 0.2) is 5.57 Å². The molecule has 0 fully saturated rings. The van der Waals surface area contributed by atoms with Gasteiger partial charge in [-0.2, -0.15) is 13.2 Å². The minimum Gasteiger partial charge on any atom is -0.503 e. The van der Waals surface area contributed by atoms with Crippen molar-refractivity contribution in [3.63, 3.8) is 0 Å². The van der Waals surface area contributed by atoms with E-state index in [-0.39, 0.29) is 6.54 Å². The molecule has 2 heterocycles. The van der Waals surface area contributed by atoms with Crippen LogP contribution in [-0.4, -0.2) is 40.5 Å². The van der Waals surface area contributed by atoms with Gasteiger partial charge < -0.3 is 5.11 Å². The van der Waals surface area contributed by atoms with E-state index in [4.69, 9.17) is 0 Å². The molecule has 1 aliphatic heterocycles. The second kappa shape index (κ2) is 5.58. The van der Waals surface area contributed by atoms with E-state index in [0.717, 1.165) is 4.57 Å². The summed E-state index contributed by atoms with van der Waals surface area (Å²) in [5.74, 6) is -3.91. The summed E-state index contributed by atoms with van der Waals surface area (Å²) in [5, 5.41) is 9.41. The van der Waals surface area contributed by atoms with Gasteiger partial charge in [-0.3, -0.25) is 4.79 Å². The highest BCUT2D eigenvalue weighted by atomic mass is 19.4. The van der Waals surface area contributed by atoms with Gasteiger partial charge in [0.25, 0.3) is 5.91 Å². The van der Waals surface area contributed by atoms with Gasteiger partial charge in [-0.05, 0) is 19.1 Å². The van der Waals surface area contributed by atoms with Crippen LogP contribution in [0.25, 0.3) is 0 Å². The van der Waals surface area contributed by atoms with Gasteiger partial charge in [0.2, 0.25) is 5.76 Å². The van der Waals surface area contributed by atoms with Crippen LogP contribution in [0.1, 0.15) is 6.92 Å². The number of carbonyl (C=O) groups excluding carboxylic acids is 2. The smallest absolute Gasteiger partial charge is 0.460 e. The van der Waals surface area contributed by atoms with Gasteiger partial charge in [-0.15, -0.1) is 0 Å². The van der Waals surface area contributed by atoms with Crippen molar-refractivity contribution in [2.45, 2.75) is 13.1 Å². The monoisotopic (exact) mass is 314 g/mol. The number of imide groups is 1. The number of allylic oxidation sites excluding steroid dienone is 1. The Morgan fingerprint density at radius 2 is 1.86 bits per heavy atom. The molecule has 1 N–H and O–H groups in total. The molecule has 0 aliphatic carbocycles. The molecular formula is C13H11F3N3O3+. The number of aliphatic hydroxyl groups excluding tert-OH is 1. The molecule has 0 spiro atoms. The lowest BCUT2D eigenvalue weighted by Gasteiger charge is -2.20. The Morgan fingerprint density at radius 1 is 1.27 bits per heavy atom. The predicted octanol–water partition coefficient (Wildman–Crippen LogP) is 1.58. The van der Waals surface area contributed by atoms with Crippen LogP contribution in [0.3, 0.4) is 0 Å². The number of alkyl halides is 3. The summed E-state index contributed by atoms with van der Waals surface area (Å²) in [7, 11) is 0. The van der Waals surface area contributed by atoms with Crippen molar-refractivity contribution in [1.29, 1.82) is 0 Å². The molecule has 1 aromatic heterocycles. The van der Waals surface area contributed by atoms with Crippen LogP contribution in [-0.2, 0) is 4.79 Å². The average Bonchev–Trinajstić information content (AvgIpc) is 2.46. The third-order valence-electron chi connectivity index (χ3n) is 2.90. The molecule has 0 atom stereocenters. The Hall–Kier alpha value is -2.71. The molecular weight excluding hydrogens is 303 g/mol. The lowest BCUT2D eigenvalue weighted by atomic mass is 10.1. The van der Waals surface area contributed by atoms with Crippen LogP contribution in [0, 0.1) is 0 Å². The van der Waals surface area contributed by atoms with E-state index in [1.807, 2.05) is 0 Å². The number of urea groups is 1. The Morgan fingerprint density at radius 3 is 2.36 bits per heavy atom. The van der Waals surface area contributed by atoms with Crippen molar-refractivity contribution >= 4 is 17.8 Å². The number of hydrogen-bond donors (Lipinski definition) is 1. The first kappa shape index (κ1) is 15.7. The molecule has 22 heavy (non-hydrogen) atoms. The van der Waals surface area contributed by atoms with Crippen LogP contribution in [0.5, 0.6) is 0 Å². The maximum atomic E-state index is 12.8. The minimum atomic E-state index is -5.14. The summed E-state index contributed by atoms with van der Waals surface area (Å²) in [4.78, 5) is 27.9. The number of likely N-dealkylation sites (N-methyl/N-ethyl adjacent to an activating group) is 1. The first-order valence-corrected chi connectivity index (χ1v) is 6.19. The molecule has 1 aromatic rings. The number of halogens is 3. The standard InChI is InChI=1S/C13H10F3N3O3/c1-2-19-11(21)8(9(20)13(14,15)16)10(17-12(19)22)18-6-4-3-5-7-18/h3-7H,2H2,1H3/p+1. The van der Waals surface area contributed by atoms with E-state index in [9.17, 15) is 27.9 Å². The predicted molar refractivity (Wildman–Crippen MR) is 68.0 cm³/mol. The maximum absolute atomic E-state index is 12.8. The quantitative estimate of drug-likeness (QED) is 0.486. The summed E-state index contributed by atoms with van der Waals surface area (Å²) in [6, 6.07) is 3.56. The Kier molecular flexibility index (Phi) is 3.98. The number of aliphatic imine (C=N–C) groups is 1. The third kappa shape index (κ3) is 2.69. The van der Waals surface area contributed by atoms with E-state index in [0.29, 0.717) is 4.90 Å². The Bertz CT molecular complexity index is 681. The number of rotatable bonds is 1. The fourth-order valence-electron chi connectivity index (χ4n) is 1.88. The number of aromatic nitrogens is 1. The number of amides is 3. The summed E-state index contributed by atoms with van der Waals surface area (Å²) >= 11 is 0. The molecule has 0 aromatic carbocycles. The highest BCUT2D eigenvalue weighted by Crippen LogP contribution is 2.28. The van der Waals surface area contributed by atoms with Crippen LogP contribution >= 0.6 is 0 Å². The molecule has 3 amide bonds. The van der Waals surface area contributed by atoms with E-state index >= 15 is 0 Å². The molecule has 9 heteroatoms. The van der Waals surface area contributed by atoms with Crippen molar-refractivity contribution in [3.05, 3.63) is 41.9 Å². The zero-order chi connectivity index (χ0) is 16.5. The van der Waals surface area contributed by atoms with E-state index < -0.39 is 35.3 Å². The van der Waals surface area contributed by atoms with Crippen molar-refractivity contribution < 1.29 is 32.4 Å². The molecule has 1 aliphatic rings. The van der Waals surface area contributed by atoms with E-state index in [1.54, 1.807) is 6.07 Å². The van der Waals surface area contributed by atoms with Crippen molar-refractivity contribution in [3.8, 4) is 0 Å². The van der Waals surface area contributed by atoms with Gasteiger partial charge in [-0.25, -0.2) is 14.3 Å². The first-order chi connectivity index (χ1) is 10.3. The number of aliphatic hydroxyl groups is 1. The Balaban J connectivity index is 2.72. The topological polar surface area (TPSA) is 73.8 Å². The fraction of sp³-hybridized carbons (Fsp3) is 0.231. The normalized spacial score (nSPS) is 18.4. The maximum Gasteiger partial charge on any atom is 0.460 e. The Labute approximate surface area is 122 Å². The summed E-state index contributed by atoms with van der Waals surface area (Å²) in [5.41, 5.74) is -1.06. The van der Waals surface area contributed by atoms with Crippen LogP contribution in [0.4, 0.5) is 18.0 Å². The number of carbonyl (C=O) groups is 2. The molecule has 6 nitrogen and oxygen atoms in total. The lowest BCUT2D eigenvalue weighted by molar-refractivity contribution is -0.554. The van der Waals surface area contributed by atoms with Crippen LogP contribution in [0.2, 0.25) is 0 Å². The summed E-state index contributed by atoms with van der Waals surface area (Å²) < 4.78 is 39.4. The van der Waals surface area contributed by atoms with Crippen molar-refractivity contribution in [1.82, 2.24) is 4.90 Å². The molecule has 0 saturated heterocycles. The molecule has 0 bridgehead atoms. The molecule has 0 unspecified atom stereocenters. The highest BCUT2D eigenvalue weighted by molar-refractivity contribution is 6.26. The largest absolute Gasteiger partial charge is 0.503 e. The van der Waals surface area contributed by atoms with E-state index in [2.05, 4.69) is 4.99 Å². The molecule has 2 rings (SSSR count). The average molecular weight is 314 g/mol. The van der Waals surface area contributed by atoms with Crippen molar-refractivity contribution in [2.24, 2.45) is 4.99 Å². The van der Waals surface area contributed by atoms with Gasteiger partial charge in [0.1, 0.15) is 0 Å². The molecule has 0 radical (unpaired) electrons. The van der Waals surface area contributed by atoms with Crippen LogP contribution < -0.4 is 4.57 Å². The first-order valence-electron chi connectivity index (χ1n) is 6.19. The lowest BCUT2D eigenvalue weighted by Crippen LogP contribution is -2.53. The van der Waals surface area contributed by atoms with Gasteiger partial charge >= 0.3 is 18.0 Å². The number of pyridine rings is 1. The molecule has 0 saturated carbocycles. The zero-order valence-electron chi connectivity index (χ0n) is 11.3. The van der Waals surface area contributed by atoms with Gasteiger partial charge in [0.05, 0.1) is 12.4 Å². The highest BCUT2D eigenvalue weighted by Gasteiger charge is 2.48. The molecule has 116 valence electrons. The van der Waals surface area contributed by atoms with Gasteiger partial charge in [-0.1, -0.05) is 6.07 Å². The van der Waals surface area contributed by atoms with Gasteiger partial charge in [0, 0.05) is 11.5 Å². The second-order valence-corrected chi connectivity index (χ2v) is 4.27. The number of hydrogen-bond acceptors (Lipinski definition) is 3. The summed E-state index contributed by atoms with van der Waals surface area (Å²) in [6.45, 7) is 1.25. The van der Waals surface area contributed by atoms with Crippen LogP contribution in [0.15, 0.2) is 46.9 Å². The zero-order valence-corrected chi connectivity index (χ0v) is 11.3. The van der Waals surface area contributed by atoms with Crippen molar-refractivity contribution in [2.75, 3.05) is 6.54 Å². The van der Waals surface area contributed by atoms with E-state index in [1.165, 1.54) is 31.5 Å². The minimum absolute atomic E-state index is 0.164. The second-order valence-electron chi connectivity index (χ2n) is 4.27. The SMILES string of the molecule is CCN1C(=O)N=C([n+]2ccccc2)/C(=C(\O)C(F)(F)F)C1=O.